The molecule has 1 aliphatic heterocycles. The average molecular weight is 436 g/mol. The van der Waals surface area contributed by atoms with Crippen LogP contribution in [0.25, 0.3) is 10.4 Å². The Balaban J connectivity index is 1.64. The van der Waals surface area contributed by atoms with Crippen LogP contribution in [0.15, 0.2) is 53.6 Å². The monoisotopic (exact) mass is 435 g/mol. The van der Waals surface area contributed by atoms with E-state index in [1.165, 1.54) is 24.3 Å². The number of benzene rings is 2. The summed E-state index contributed by atoms with van der Waals surface area (Å²) in [6.45, 7) is -0.183. The number of halogens is 2. The Hall–Kier alpha value is -2.77. The largest absolute Gasteiger partial charge is 0.459 e. The molecule has 0 unspecified atom stereocenters. The van der Waals surface area contributed by atoms with E-state index in [1.807, 2.05) is 0 Å². The van der Waals surface area contributed by atoms with Crippen molar-refractivity contribution in [1.82, 2.24) is 0 Å². The van der Waals surface area contributed by atoms with Crippen molar-refractivity contribution in [2.45, 2.75) is 24.9 Å². The van der Waals surface area contributed by atoms with E-state index in [4.69, 9.17) is 42.9 Å². The molecule has 29 heavy (non-hydrogen) atoms. The molecule has 0 N–H and O–H groups in total. The molecule has 1 heterocycles. The standard InChI is InChI=1S/C19H15Cl2N3O5/c20-13-5-1-11(2-6-13)18(25)27-10-16-15(9-17(28-16)23-24-22)29-19(26)12-3-7-14(21)8-4-12/h1-8,15-17H,9-10H2/t15-,16-,17-/m1/s1. The molecule has 0 saturated carbocycles. The van der Waals surface area contributed by atoms with E-state index in [-0.39, 0.29) is 13.0 Å². The molecule has 10 heteroatoms. The Morgan fingerprint density at radius 2 is 1.59 bits per heavy atom. The molecule has 0 aromatic heterocycles. The molecule has 1 saturated heterocycles. The van der Waals surface area contributed by atoms with Gasteiger partial charge in [-0.3, -0.25) is 0 Å². The quantitative estimate of drug-likeness (QED) is 0.280. The van der Waals surface area contributed by atoms with Crippen molar-refractivity contribution in [2.75, 3.05) is 6.61 Å². The lowest BCUT2D eigenvalue weighted by Crippen LogP contribution is -2.32. The third kappa shape index (κ3) is 5.62. The Bertz CT molecular complexity index is 930. The van der Waals surface area contributed by atoms with Gasteiger partial charge in [0.25, 0.3) is 0 Å². The molecule has 2 aromatic rings. The molecule has 1 fully saturated rings. The van der Waals surface area contributed by atoms with Crippen molar-refractivity contribution in [3.63, 3.8) is 0 Å². The zero-order valence-corrected chi connectivity index (χ0v) is 16.4. The lowest BCUT2D eigenvalue weighted by Gasteiger charge is -2.19. The van der Waals surface area contributed by atoms with Gasteiger partial charge in [-0.15, -0.1) is 0 Å². The number of carbonyl (C=O) groups is 2. The highest BCUT2D eigenvalue weighted by molar-refractivity contribution is 6.30. The van der Waals surface area contributed by atoms with E-state index in [2.05, 4.69) is 10.0 Å². The zero-order chi connectivity index (χ0) is 20.8. The molecule has 0 spiro atoms. The molecule has 8 nitrogen and oxygen atoms in total. The minimum atomic E-state index is -0.831. The van der Waals surface area contributed by atoms with Crippen LogP contribution >= 0.6 is 23.2 Å². The van der Waals surface area contributed by atoms with Crippen LogP contribution in [0.4, 0.5) is 0 Å². The van der Waals surface area contributed by atoms with Gasteiger partial charge in [-0.1, -0.05) is 28.3 Å². The summed E-state index contributed by atoms with van der Waals surface area (Å²) in [4.78, 5) is 27.3. The zero-order valence-electron chi connectivity index (χ0n) is 14.9. The summed E-state index contributed by atoms with van der Waals surface area (Å²) in [5, 5.41) is 4.48. The number of hydrogen-bond acceptors (Lipinski definition) is 6. The van der Waals surface area contributed by atoms with Gasteiger partial charge >= 0.3 is 11.9 Å². The molecular weight excluding hydrogens is 421 g/mol. The van der Waals surface area contributed by atoms with Crippen LogP contribution in [0.2, 0.25) is 10.0 Å². The van der Waals surface area contributed by atoms with E-state index >= 15 is 0 Å². The molecule has 2 aromatic carbocycles. The SMILES string of the molecule is [N-]=[N+]=N[C@H]1C[C@@H](OC(=O)c2ccc(Cl)cc2)[C@@H](COC(=O)c2ccc(Cl)cc2)O1. The topological polar surface area (TPSA) is 111 Å². The van der Waals surface area contributed by atoms with Crippen molar-refractivity contribution in [3.05, 3.63) is 80.1 Å². The number of hydrogen-bond donors (Lipinski definition) is 0. The second-order valence-corrected chi connectivity index (χ2v) is 7.00. The maximum absolute atomic E-state index is 12.4. The van der Waals surface area contributed by atoms with E-state index in [1.54, 1.807) is 24.3 Å². The summed E-state index contributed by atoms with van der Waals surface area (Å²) in [5.74, 6) is -1.17. The Morgan fingerprint density at radius 1 is 1.03 bits per heavy atom. The minimum absolute atomic E-state index is 0.145. The summed E-state index contributed by atoms with van der Waals surface area (Å²) < 4.78 is 16.3. The average Bonchev–Trinajstić information content (AvgIpc) is 3.08. The van der Waals surface area contributed by atoms with Gasteiger partial charge in [-0.2, -0.15) is 0 Å². The van der Waals surface area contributed by atoms with Gasteiger partial charge in [-0.25, -0.2) is 9.59 Å². The van der Waals surface area contributed by atoms with Gasteiger partial charge < -0.3 is 14.2 Å². The third-order valence-electron chi connectivity index (χ3n) is 4.16. The van der Waals surface area contributed by atoms with Gasteiger partial charge in [0.2, 0.25) is 0 Å². The van der Waals surface area contributed by atoms with Crippen molar-refractivity contribution < 1.29 is 23.8 Å². The maximum atomic E-state index is 12.4. The van der Waals surface area contributed by atoms with E-state index in [0.29, 0.717) is 21.2 Å². The van der Waals surface area contributed by atoms with E-state index in [0.717, 1.165) is 0 Å². The number of azide groups is 1. The number of esters is 2. The molecule has 0 amide bonds. The molecule has 3 atom stereocenters. The van der Waals surface area contributed by atoms with Crippen LogP contribution < -0.4 is 0 Å². The van der Waals surface area contributed by atoms with Crippen molar-refractivity contribution >= 4 is 35.1 Å². The van der Waals surface area contributed by atoms with Crippen molar-refractivity contribution in [1.29, 1.82) is 0 Å². The predicted molar refractivity (Wildman–Crippen MR) is 105 cm³/mol. The lowest BCUT2D eigenvalue weighted by molar-refractivity contribution is -0.0410. The second-order valence-electron chi connectivity index (χ2n) is 6.13. The van der Waals surface area contributed by atoms with E-state index < -0.39 is 30.4 Å². The number of carbonyl (C=O) groups excluding carboxylic acids is 2. The van der Waals surface area contributed by atoms with Crippen LogP contribution in [-0.4, -0.2) is 37.0 Å². The Morgan fingerprint density at radius 3 is 2.14 bits per heavy atom. The van der Waals surface area contributed by atoms with Crippen LogP contribution in [0, 0.1) is 0 Å². The summed E-state index contributed by atoms with van der Waals surface area (Å²) in [6.07, 6.45) is -2.22. The fourth-order valence-corrected chi connectivity index (χ4v) is 2.97. The van der Waals surface area contributed by atoms with Gasteiger partial charge in [0, 0.05) is 21.4 Å². The second kappa shape index (κ2) is 9.62. The van der Waals surface area contributed by atoms with Crippen LogP contribution in [0.5, 0.6) is 0 Å². The molecule has 0 aliphatic carbocycles. The summed E-state index contributed by atoms with van der Waals surface area (Å²) in [7, 11) is 0. The number of nitrogens with zero attached hydrogens (tertiary/aromatic N) is 3. The highest BCUT2D eigenvalue weighted by atomic mass is 35.5. The molecule has 1 aliphatic rings. The Kier molecular flexibility index (Phi) is 6.95. The van der Waals surface area contributed by atoms with Crippen molar-refractivity contribution in [3.8, 4) is 0 Å². The summed E-state index contributed by atoms with van der Waals surface area (Å²) in [5.41, 5.74) is 9.25. The van der Waals surface area contributed by atoms with Crippen molar-refractivity contribution in [2.24, 2.45) is 5.11 Å². The van der Waals surface area contributed by atoms with Crippen LogP contribution in [0.3, 0.4) is 0 Å². The van der Waals surface area contributed by atoms with Gasteiger partial charge in [0.15, 0.2) is 0 Å². The number of rotatable bonds is 6. The van der Waals surface area contributed by atoms with Crippen LogP contribution in [-0.2, 0) is 14.2 Å². The van der Waals surface area contributed by atoms with Gasteiger partial charge in [-0.05, 0) is 54.1 Å². The first kappa shape index (κ1) is 21.0. The molecular formula is C19H15Cl2N3O5. The fraction of sp³-hybridized carbons (Fsp3) is 0.263. The van der Waals surface area contributed by atoms with Gasteiger partial charge in [0.05, 0.1) is 11.1 Å². The predicted octanol–water partition coefficient (Wildman–Crippen LogP) is 4.80. The smallest absolute Gasteiger partial charge is 0.338 e. The van der Waals surface area contributed by atoms with Gasteiger partial charge in [0.1, 0.15) is 25.0 Å². The molecule has 0 bridgehead atoms. The maximum Gasteiger partial charge on any atom is 0.338 e. The van der Waals surface area contributed by atoms with E-state index in [9.17, 15) is 9.59 Å². The normalized spacial score (nSPS) is 20.6. The minimum Gasteiger partial charge on any atom is -0.459 e. The van der Waals surface area contributed by atoms with Crippen LogP contribution in [0.1, 0.15) is 27.1 Å². The Labute approximate surface area is 175 Å². The number of ether oxygens (including phenoxy) is 3. The first-order chi connectivity index (χ1) is 14.0. The third-order valence-corrected chi connectivity index (χ3v) is 4.66. The molecule has 150 valence electrons. The summed E-state index contributed by atoms with van der Waals surface area (Å²) in [6, 6.07) is 12.4. The molecule has 3 rings (SSSR count). The highest BCUT2D eigenvalue weighted by Crippen LogP contribution is 2.26. The molecule has 0 radical (unpaired) electrons. The summed E-state index contributed by atoms with van der Waals surface area (Å²) >= 11 is 11.6. The first-order valence-corrected chi connectivity index (χ1v) is 9.31. The fourth-order valence-electron chi connectivity index (χ4n) is 2.72. The lowest BCUT2D eigenvalue weighted by atomic mass is 10.1. The highest BCUT2D eigenvalue weighted by Gasteiger charge is 2.38. The first-order valence-electron chi connectivity index (χ1n) is 8.55.